The minimum absolute atomic E-state index is 0.0697. The normalized spacial score (nSPS) is 14.5. The lowest BCUT2D eigenvalue weighted by Gasteiger charge is -2.36. The topological polar surface area (TPSA) is 35.6 Å². The van der Waals surface area contributed by atoms with Crippen LogP contribution in [0.25, 0.3) is 0 Å². The van der Waals surface area contributed by atoms with Crippen LogP contribution in [-0.2, 0) is 4.79 Å². The number of piperazine rings is 1. The van der Waals surface area contributed by atoms with Crippen LogP contribution in [0.2, 0.25) is 5.02 Å². The lowest BCUT2D eigenvalue weighted by atomic mass is 9.88. The molecule has 1 saturated heterocycles. The van der Waals surface area contributed by atoms with Gasteiger partial charge in [-0.1, -0.05) is 72.3 Å². The molecule has 166 valence electrons. The molecule has 0 unspecified atom stereocenters. The number of hydrogen-bond donors (Lipinski definition) is 1. The van der Waals surface area contributed by atoms with Crippen LogP contribution in [0.4, 0.5) is 5.69 Å². The highest BCUT2D eigenvalue weighted by molar-refractivity contribution is 6.30. The molecule has 0 spiro atoms. The van der Waals surface area contributed by atoms with Crippen molar-refractivity contribution < 1.29 is 4.79 Å². The van der Waals surface area contributed by atoms with Gasteiger partial charge in [0.2, 0.25) is 5.91 Å². The van der Waals surface area contributed by atoms with Crippen LogP contribution in [0.5, 0.6) is 0 Å². The number of carbonyl (C=O) groups excluding carboxylic acids is 1. The highest BCUT2D eigenvalue weighted by Gasteiger charge is 2.19. The molecule has 1 aliphatic heterocycles. The number of amides is 1. The molecule has 1 fully saturated rings. The average molecular weight is 448 g/mol. The highest BCUT2D eigenvalue weighted by atomic mass is 35.5. The zero-order chi connectivity index (χ0) is 22.2. The van der Waals surface area contributed by atoms with Crippen LogP contribution in [-0.4, -0.2) is 50.1 Å². The van der Waals surface area contributed by atoms with Gasteiger partial charge in [0, 0.05) is 62.3 Å². The Morgan fingerprint density at radius 2 is 1.38 bits per heavy atom. The molecule has 1 aliphatic rings. The third-order valence-corrected chi connectivity index (χ3v) is 6.36. The molecule has 4 rings (SSSR count). The standard InChI is InChI=1S/C27H30ClN3O/c28-24-11-13-25(14-12-24)31-19-17-30(18-20-31)16-15-29-27(32)21-26(22-7-3-1-4-8-22)23-9-5-2-6-10-23/h1-14,26H,15-21H2,(H,29,32). The highest BCUT2D eigenvalue weighted by Crippen LogP contribution is 2.27. The molecule has 0 bridgehead atoms. The second-order valence-corrected chi connectivity index (χ2v) is 8.67. The zero-order valence-corrected chi connectivity index (χ0v) is 19.0. The molecular formula is C27H30ClN3O. The van der Waals surface area contributed by atoms with Gasteiger partial charge >= 0.3 is 0 Å². The maximum absolute atomic E-state index is 12.8. The fourth-order valence-corrected chi connectivity index (χ4v) is 4.42. The number of anilines is 1. The van der Waals surface area contributed by atoms with Crippen molar-refractivity contribution in [1.29, 1.82) is 0 Å². The van der Waals surface area contributed by atoms with Gasteiger partial charge in [-0.25, -0.2) is 0 Å². The van der Waals surface area contributed by atoms with Gasteiger partial charge < -0.3 is 10.2 Å². The van der Waals surface area contributed by atoms with Crippen molar-refractivity contribution in [1.82, 2.24) is 10.2 Å². The molecule has 1 amide bonds. The largest absolute Gasteiger partial charge is 0.369 e. The summed E-state index contributed by atoms with van der Waals surface area (Å²) in [5.41, 5.74) is 3.56. The summed E-state index contributed by atoms with van der Waals surface area (Å²) in [7, 11) is 0. The predicted octanol–water partition coefficient (Wildman–Crippen LogP) is 4.80. The SMILES string of the molecule is O=C(CC(c1ccccc1)c1ccccc1)NCCN1CCN(c2ccc(Cl)cc2)CC1. The van der Waals surface area contributed by atoms with Gasteiger partial charge in [-0.05, 0) is 35.4 Å². The van der Waals surface area contributed by atoms with Crippen molar-refractivity contribution in [2.75, 3.05) is 44.2 Å². The maximum atomic E-state index is 12.8. The van der Waals surface area contributed by atoms with E-state index in [1.807, 2.05) is 48.5 Å². The van der Waals surface area contributed by atoms with E-state index in [2.05, 4.69) is 51.5 Å². The van der Waals surface area contributed by atoms with Crippen LogP contribution < -0.4 is 10.2 Å². The summed E-state index contributed by atoms with van der Waals surface area (Å²) in [6.07, 6.45) is 0.457. The second kappa shape index (κ2) is 11.2. The summed E-state index contributed by atoms with van der Waals surface area (Å²) < 4.78 is 0. The number of nitrogens with zero attached hydrogens (tertiary/aromatic N) is 2. The molecule has 1 heterocycles. The Labute approximate surface area is 195 Å². The summed E-state index contributed by atoms with van der Waals surface area (Å²) in [5, 5.41) is 3.91. The average Bonchev–Trinajstić information content (AvgIpc) is 2.85. The monoisotopic (exact) mass is 447 g/mol. The van der Waals surface area contributed by atoms with E-state index in [0.717, 1.165) is 37.7 Å². The molecule has 0 atom stereocenters. The number of benzene rings is 3. The Balaban J connectivity index is 1.24. The van der Waals surface area contributed by atoms with Gasteiger partial charge in [-0.2, -0.15) is 0 Å². The molecule has 32 heavy (non-hydrogen) atoms. The van der Waals surface area contributed by atoms with Crippen LogP contribution in [0.1, 0.15) is 23.5 Å². The molecule has 3 aromatic carbocycles. The first-order valence-corrected chi connectivity index (χ1v) is 11.7. The first-order valence-electron chi connectivity index (χ1n) is 11.3. The molecule has 1 N–H and O–H groups in total. The van der Waals surface area contributed by atoms with E-state index < -0.39 is 0 Å². The lowest BCUT2D eigenvalue weighted by Crippen LogP contribution is -2.48. The van der Waals surface area contributed by atoms with E-state index >= 15 is 0 Å². The summed E-state index contributed by atoms with van der Waals surface area (Å²) in [6, 6.07) is 28.6. The molecule has 0 aromatic heterocycles. The van der Waals surface area contributed by atoms with E-state index in [1.54, 1.807) is 0 Å². The molecule has 0 aliphatic carbocycles. The lowest BCUT2D eigenvalue weighted by molar-refractivity contribution is -0.121. The Hall–Kier alpha value is -2.82. The van der Waals surface area contributed by atoms with Crippen LogP contribution >= 0.6 is 11.6 Å². The minimum Gasteiger partial charge on any atom is -0.369 e. The Morgan fingerprint density at radius 3 is 1.94 bits per heavy atom. The maximum Gasteiger partial charge on any atom is 0.220 e. The first-order chi connectivity index (χ1) is 15.7. The van der Waals surface area contributed by atoms with E-state index in [0.29, 0.717) is 13.0 Å². The molecule has 3 aromatic rings. The molecule has 0 radical (unpaired) electrons. The van der Waals surface area contributed by atoms with E-state index in [4.69, 9.17) is 11.6 Å². The summed E-state index contributed by atoms with van der Waals surface area (Å²) in [5.74, 6) is 0.169. The van der Waals surface area contributed by atoms with E-state index in [1.165, 1.54) is 16.8 Å². The second-order valence-electron chi connectivity index (χ2n) is 8.23. The summed E-state index contributed by atoms with van der Waals surface area (Å²) >= 11 is 6.00. The van der Waals surface area contributed by atoms with Crippen LogP contribution in [0.3, 0.4) is 0 Å². The van der Waals surface area contributed by atoms with Crippen molar-refractivity contribution in [3.05, 3.63) is 101 Å². The molecule has 4 nitrogen and oxygen atoms in total. The Kier molecular flexibility index (Phi) is 7.81. The van der Waals surface area contributed by atoms with Crippen molar-refractivity contribution in [2.45, 2.75) is 12.3 Å². The van der Waals surface area contributed by atoms with Gasteiger partial charge in [0.15, 0.2) is 0 Å². The fourth-order valence-electron chi connectivity index (χ4n) is 4.29. The van der Waals surface area contributed by atoms with Crippen molar-refractivity contribution >= 4 is 23.2 Å². The number of halogens is 1. The van der Waals surface area contributed by atoms with E-state index in [-0.39, 0.29) is 11.8 Å². The first kappa shape index (κ1) is 22.4. The fraction of sp³-hybridized carbons (Fsp3) is 0.296. The minimum atomic E-state index is 0.0697. The molecular weight excluding hydrogens is 418 g/mol. The van der Waals surface area contributed by atoms with Gasteiger partial charge in [0.05, 0.1) is 0 Å². The zero-order valence-electron chi connectivity index (χ0n) is 18.3. The number of rotatable bonds is 8. The number of hydrogen-bond acceptors (Lipinski definition) is 3. The smallest absolute Gasteiger partial charge is 0.220 e. The van der Waals surface area contributed by atoms with Crippen molar-refractivity contribution in [2.24, 2.45) is 0 Å². The van der Waals surface area contributed by atoms with Crippen molar-refractivity contribution in [3.8, 4) is 0 Å². The summed E-state index contributed by atoms with van der Waals surface area (Å²) in [4.78, 5) is 17.6. The molecule has 5 heteroatoms. The third kappa shape index (κ3) is 6.12. The van der Waals surface area contributed by atoms with Crippen molar-refractivity contribution in [3.63, 3.8) is 0 Å². The van der Waals surface area contributed by atoms with Gasteiger partial charge in [-0.15, -0.1) is 0 Å². The predicted molar refractivity (Wildman–Crippen MR) is 132 cm³/mol. The Bertz CT molecular complexity index is 931. The third-order valence-electron chi connectivity index (χ3n) is 6.11. The van der Waals surface area contributed by atoms with Gasteiger partial charge in [-0.3, -0.25) is 9.69 Å². The molecule has 0 saturated carbocycles. The van der Waals surface area contributed by atoms with Crippen LogP contribution in [0, 0.1) is 0 Å². The number of carbonyl (C=O) groups is 1. The van der Waals surface area contributed by atoms with Gasteiger partial charge in [0.1, 0.15) is 0 Å². The van der Waals surface area contributed by atoms with Gasteiger partial charge in [0.25, 0.3) is 0 Å². The van der Waals surface area contributed by atoms with Crippen LogP contribution in [0.15, 0.2) is 84.9 Å². The summed E-state index contributed by atoms with van der Waals surface area (Å²) in [6.45, 7) is 5.52. The Morgan fingerprint density at radius 1 is 0.812 bits per heavy atom. The number of nitrogens with one attached hydrogen (secondary N) is 1. The quantitative estimate of drug-likeness (QED) is 0.538. The van der Waals surface area contributed by atoms with E-state index in [9.17, 15) is 4.79 Å².